The second-order valence-electron chi connectivity index (χ2n) is 2.44. The summed E-state index contributed by atoms with van der Waals surface area (Å²) in [5.74, 6) is 0.448. The molecule has 0 saturated carbocycles. The average Bonchev–Trinajstić information content (AvgIpc) is 2.04. The monoisotopic (exact) mass is 414 g/mol. The van der Waals surface area contributed by atoms with E-state index in [1.807, 2.05) is 18.2 Å². The number of hydrogen-bond acceptors (Lipinski definition) is 2. The minimum Gasteiger partial charge on any atom is -0.452 e. The molecule has 1 heterocycles. The van der Waals surface area contributed by atoms with E-state index in [2.05, 4.69) is 0 Å². The summed E-state index contributed by atoms with van der Waals surface area (Å²) < 4.78 is 4.94. The van der Waals surface area contributed by atoms with E-state index < -0.39 is 0 Å². The summed E-state index contributed by atoms with van der Waals surface area (Å²) in [7, 11) is 0. The molecule has 0 atom stereocenters. The van der Waals surface area contributed by atoms with Crippen LogP contribution in [-0.2, 0) is 11.2 Å². The zero-order chi connectivity index (χ0) is 7.68. The molecule has 2 rings (SSSR count). The van der Waals surface area contributed by atoms with Crippen LogP contribution in [0.2, 0.25) is 0 Å². The number of ether oxygens (including phenoxy) is 1. The molecule has 0 spiro atoms. The Bertz CT molecular complexity index is 296. The van der Waals surface area contributed by atoms with E-state index in [-0.39, 0.29) is 5.97 Å². The number of benzene rings is 1. The Morgan fingerprint density at radius 3 is 2.92 bits per heavy atom. The van der Waals surface area contributed by atoms with Crippen molar-refractivity contribution in [1.29, 1.82) is 0 Å². The SMILES string of the molecule is O=C1[CH-]Cc2ccccc2O1.[Rf]. The van der Waals surface area contributed by atoms with E-state index >= 15 is 0 Å². The smallest absolute Gasteiger partial charge is 0.175 e. The molecule has 0 saturated heterocycles. The minimum absolute atomic E-state index is 0. The first-order valence-corrected chi connectivity index (χ1v) is 3.49. The van der Waals surface area contributed by atoms with Gasteiger partial charge in [0.15, 0.2) is 5.97 Å². The van der Waals surface area contributed by atoms with Crippen molar-refractivity contribution in [3.05, 3.63) is 36.2 Å². The van der Waals surface area contributed by atoms with Crippen LogP contribution in [-0.4, -0.2) is 5.97 Å². The van der Waals surface area contributed by atoms with Crippen molar-refractivity contribution in [3.8, 4) is 5.75 Å². The van der Waals surface area contributed by atoms with Crippen LogP contribution in [0.4, 0.5) is 0 Å². The summed E-state index contributed by atoms with van der Waals surface area (Å²) >= 11 is 0. The second kappa shape index (κ2) is 2.66. The van der Waals surface area contributed by atoms with Gasteiger partial charge in [0.2, 0.25) is 0 Å². The van der Waals surface area contributed by atoms with Gasteiger partial charge in [-0.2, -0.15) is 0 Å². The van der Waals surface area contributed by atoms with Crippen LogP contribution >= 0.6 is 0 Å². The molecule has 0 amide bonds. The average molecular weight is 414 g/mol. The van der Waals surface area contributed by atoms with Gasteiger partial charge in [-0.15, -0.1) is 6.42 Å². The van der Waals surface area contributed by atoms with Gasteiger partial charge in [0.25, 0.3) is 0 Å². The molecule has 58 valence electrons. The Hall–Kier alpha value is -2.44. The quantitative estimate of drug-likeness (QED) is 0.364. The van der Waals surface area contributed by atoms with Crippen molar-refractivity contribution < 1.29 is 9.53 Å². The topological polar surface area (TPSA) is 26.3 Å². The standard InChI is InChI=1S/C9H7O2.Rf/c10-9-6-5-7-3-1-2-4-8(7)11-9;/h1-4,6H,5H2;/q-1;. The van der Waals surface area contributed by atoms with Crippen LogP contribution < -0.4 is 4.74 Å². The van der Waals surface area contributed by atoms with Crippen molar-refractivity contribution in [3.63, 3.8) is 0 Å². The van der Waals surface area contributed by atoms with Crippen LogP contribution in [0.3, 0.4) is 0 Å². The third kappa shape index (κ3) is 1.06. The van der Waals surface area contributed by atoms with E-state index in [1.165, 1.54) is 0 Å². The zero-order valence-electron chi connectivity index (χ0n) is 6.62. The predicted molar refractivity (Wildman–Crippen MR) is 40.1 cm³/mol. The van der Waals surface area contributed by atoms with Crippen LogP contribution in [0, 0.1) is 6.42 Å². The van der Waals surface area contributed by atoms with E-state index in [0.717, 1.165) is 5.56 Å². The van der Waals surface area contributed by atoms with Crippen LogP contribution in [0.5, 0.6) is 5.75 Å². The van der Waals surface area contributed by atoms with Gasteiger partial charge in [0, 0.05) is 0 Å². The molecule has 0 aliphatic carbocycles. The Morgan fingerprint density at radius 1 is 1.33 bits per heavy atom. The molecule has 1 aromatic rings. The molecule has 0 radical (unpaired) electrons. The Kier molecular flexibility index (Phi) is 1.70. The van der Waals surface area contributed by atoms with E-state index in [1.54, 1.807) is 12.5 Å². The molecular formula is C9H7O2Rf-. The number of carbonyl (C=O) groups is 1. The van der Waals surface area contributed by atoms with E-state index in [4.69, 9.17) is 4.74 Å². The summed E-state index contributed by atoms with van der Waals surface area (Å²) in [5.41, 5.74) is 1.08. The van der Waals surface area contributed by atoms with Crippen molar-refractivity contribution in [2.24, 2.45) is 0 Å². The zero-order valence-corrected chi connectivity index (χ0v) is 13.0. The Morgan fingerprint density at radius 2 is 2.08 bits per heavy atom. The molecular weight excluding hydrogens is 407 g/mol. The fraction of sp³-hybridized carbons (Fsp3) is 0.111. The molecule has 0 unspecified atom stereocenters. The molecule has 12 heavy (non-hydrogen) atoms. The molecule has 1 aliphatic rings. The molecule has 0 N–H and O–H groups in total. The van der Waals surface area contributed by atoms with Crippen molar-refractivity contribution in [1.82, 2.24) is 0 Å². The van der Waals surface area contributed by atoms with Crippen molar-refractivity contribution in [2.45, 2.75) is 6.42 Å². The molecule has 0 fully saturated rings. The summed E-state index contributed by atoms with van der Waals surface area (Å²) in [6, 6.07) is 7.56. The maximum atomic E-state index is 10.7. The maximum Gasteiger partial charge on any atom is 0.175 e. The number of hydrogen-bond donors (Lipinski definition) is 0. The second-order valence-corrected chi connectivity index (χ2v) is 2.44. The summed E-state index contributed by atoms with van der Waals surface area (Å²) in [4.78, 5) is 10.7. The van der Waals surface area contributed by atoms with Crippen molar-refractivity contribution in [2.75, 3.05) is 0 Å². The van der Waals surface area contributed by atoms with Gasteiger partial charge in [-0.05, 0) is 11.6 Å². The fourth-order valence-electron chi connectivity index (χ4n) is 1.12. The molecule has 2 nitrogen and oxygen atoms in total. The van der Waals surface area contributed by atoms with Crippen LogP contribution in [0.25, 0.3) is 0 Å². The number of esters is 1. The molecule has 1 aliphatic heterocycles. The number of para-hydroxylation sites is 1. The van der Waals surface area contributed by atoms with Gasteiger partial charge < -0.3 is 4.74 Å². The number of carbonyl (C=O) groups excluding carboxylic acids is 1. The predicted octanol–water partition coefficient (Wildman–Crippen LogP) is 1.35. The fourth-order valence-corrected chi connectivity index (χ4v) is 1.12. The first-order chi connectivity index (χ1) is 5.36. The summed E-state index contributed by atoms with van der Waals surface area (Å²) in [6.07, 6.45) is 2.23. The first kappa shape index (κ1) is 7.66. The van der Waals surface area contributed by atoms with Gasteiger partial charge in [-0.3, -0.25) is 11.2 Å². The summed E-state index contributed by atoms with van der Waals surface area (Å²) in [6.45, 7) is 0. The molecule has 0 bridgehead atoms. The molecule has 3 heteroatoms. The van der Waals surface area contributed by atoms with Gasteiger partial charge in [0.1, 0.15) is 5.75 Å². The van der Waals surface area contributed by atoms with Gasteiger partial charge in [-0.25, -0.2) is 0 Å². The van der Waals surface area contributed by atoms with Gasteiger partial charge >= 0.3 is 0 Å². The Balaban J connectivity index is 0.000000720. The molecule has 0 aromatic heterocycles. The maximum absolute atomic E-state index is 10.7. The van der Waals surface area contributed by atoms with Crippen LogP contribution in [0.1, 0.15) is 5.56 Å². The van der Waals surface area contributed by atoms with Crippen molar-refractivity contribution >= 4 is 5.97 Å². The largest absolute Gasteiger partial charge is 0.452 e. The normalized spacial score (nSPS) is 13.5. The molecule has 1 aromatic carbocycles. The Labute approximate surface area is 64.8 Å². The van der Waals surface area contributed by atoms with Crippen LogP contribution in [0.15, 0.2) is 24.3 Å². The minimum atomic E-state index is -0.247. The van der Waals surface area contributed by atoms with E-state index in [0.29, 0.717) is 12.2 Å². The number of fused-ring (bicyclic) bond motifs is 1. The van der Waals surface area contributed by atoms with E-state index in [9.17, 15) is 4.79 Å². The number of rotatable bonds is 0. The summed E-state index contributed by atoms with van der Waals surface area (Å²) in [5, 5.41) is 0. The first-order valence-electron chi connectivity index (χ1n) is 3.49. The van der Waals surface area contributed by atoms with Gasteiger partial charge in [-0.1, -0.05) is 18.2 Å². The third-order valence-corrected chi connectivity index (χ3v) is 1.67. The van der Waals surface area contributed by atoms with Gasteiger partial charge in [0.05, 0.1) is 0 Å². The third-order valence-electron chi connectivity index (χ3n) is 1.67.